The van der Waals surface area contributed by atoms with Crippen molar-refractivity contribution in [2.75, 3.05) is 12.5 Å². The third-order valence-corrected chi connectivity index (χ3v) is 4.17. The first-order valence-electron chi connectivity index (χ1n) is 6.96. The summed E-state index contributed by atoms with van der Waals surface area (Å²) in [5.41, 5.74) is 2.19. The van der Waals surface area contributed by atoms with E-state index in [0.717, 1.165) is 19.3 Å². The van der Waals surface area contributed by atoms with Gasteiger partial charge >= 0.3 is 0 Å². The second kappa shape index (κ2) is 6.53. The second-order valence-corrected chi connectivity index (χ2v) is 5.62. The number of hydrogen-bond acceptors (Lipinski definition) is 2. The van der Waals surface area contributed by atoms with E-state index in [4.69, 9.17) is 16.3 Å². The van der Waals surface area contributed by atoms with Gasteiger partial charge in [0.25, 0.3) is 0 Å². The minimum atomic E-state index is -0.286. The van der Waals surface area contributed by atoms with E-state index in [2.05, 4.69) is 19.1 Å². The predicted molar refractivity (Wildman–Crippen MR) is 77.6 cm³/mol. The summed E-state index contributed by atoms with van der Waals surface area (Å²) in [6.45, 7) is 2.77. The van der Waals surface area contributed by atoms with E-state index >= 15 is 0 Å². The van der Waals surface area contributed by atoms with Crippen LogP contribution in [0.25, 0.3) is 0 Å². The third kappa shape index (κ3) is 3.37. The number of aryl methyl sites for hydroxylation is 1. The molecule has 0 aromatic heterocycles. The van der Waals surface area contributed by atoms with Gasteiger partial charge in [0.05, 0.1) is 5.60 Å². The molecule has 1 saturated carbocycles. The standard InChI is InChI=1S/C16H21ClO2/c1-13-5-2-3-6-15(13)16(19-12-4-11-17)9-7-14(18)8-10-16/h2-3,5-6H,4,7-12H2,1H3. The van der Waals surface area contributed by atoms with Gasteiger partial charge in [0.2, 0.25) is 0 Å². The largest absolute Gasteiger partial charge is 0.370 e. The van der Waals surface area contributed by atoms with Gasteiger partial charge in [-0.15, -0.1) is 11.6 Å². The average molecular weight is 281 g/mol. The molecule has 104 valence electrons. The lowest BCUT2D eigenvalue weighted by Gasteiger charge is -2.38. The Bertz CT molecular complexity index is 432. The number of rotatable bonds is 5. The molecule has 0 N–H and O–H groups in total. The van der Waals surface area contributed by atoms with Crippen LogP contribution in [0.5, 0.6) is 0 Å². The topological polar surface area (TPSA) is 26.3 Å². The molecule has 1 aliphatic rings. The van der Waals surface area contributed by atoms with Gasteiger partial charge in [0, 0.05) is 25.3 Å². The maximum Gasteiger partial charge on any atom is 0.133 e. The smallest absolute Gasteiger partial charge is 0.133 e. The number of carbonyl (C=O) groups excluding carboxylic acids is 1. The zero-order valence-corrected chi connectivity index (χ0v) is 12.2. The highest BCUT2D eigenvalue weighted by Gasteiger charge is 2.38. The second-order valence-electron chi connectivity index (χ2n) is 5.24. The monoisotopic (exact) mass is 280 g/mol. The maximum atomic E-state index is 11.5. The van der Waals surface area contributed by atoms with Gasteiger partial charge in [-0.2, -0.15) is 0 Å². The van der Waals surface area contributed by atoms with Crippen LogP contribution in [-0.4, -0.2) is 18.3 Å². The van der Waals surface area contributed by atoms with Crippen molar-refractivity contribution in [1.82, 2.24) is 0 Å². The Hall–Kier alpha value is -0.860. The first-order chi connectivity index (χ1) is 9.18. The number of ether oxygens (including phenoxy) is 1. The predicted octanol–water partition coefficient (Wildman–Crippen LogP) is 3.98. The Morgan fingerprint density at radius 1 is 1.26 bits per heavy atom. The summed E-state index contributed by atoms with van der Waals surface area (Å²) in [6.07, 6.45) is 3.67. The number of halogens is 1. The number of carbonyl (C=O) groups is 1. The molecule has 1 aliphatic carbocycles. The van der Waals surface area contributed by atoms with E-state index < -0.39 is 0 Å². The first-order valence-corrected chi connectivity index (χ1v) is 7.49. The molecule has 1 aromatic carbocycles. The van der Waals surface area contributed by atoms with Crippen molar-refractivity contribution in [3.8, 4) is 0 Å². The molecule has 0 saturated heterocycles. The van der Waals surface area contributed by atoms with E-state index in [-0.39, 0.29) is 5.60 Å². The third-order valence-electron chi connectivity index (χ3n) is 3.91. The summed E-state index contributed by atoms with van der Waals surface area (Å²) in [5, 5.41) is 0. The van der Waals surface area contributed by atoms with Gasteiger partial charge in [-0.3, -0.25) is 4.79 Å². The molecule has 0 aliphatic heterocycles. The molecule has 0 atom stereocenters. The van der Waals surface area contributed by atoms with Crippen LogP contribution >= 0.6 is 11.6 Å². The number of ketones is 1. The van der Waals surface area contributed by atoms with Crippen LogP contribution in [0, 0.1) is 6.92 Å². The molecule has 0 spiro atoms. The fraction of sp³-hybridized carbons (Fsp3) is 0.562. The van der Waals surface area contributed by atoms with Gasteiger partial charge in [-0.25, -0.2) is 0 Å². The van der Waals surface area contributed by atoms with Crippen LogP contribution in [0.15, 0.2) is 24.3 Å². The normalized spacial score (nSPS) is 18.5. The number of hydrogen-bond donors (Lipinski definition) is 0. The Morgan fingerprint density at radius 2 is 1.95 bits per heavy atom. The zero-order chi connectivity index (χ0) is 13.7. The van der Waals surface area contributed by atoms with Crippen LogP contribution in [0.1, 0.15) is 43.2 Å². The van der Waals surface area contributed by atoms with Crippen molar-refractivity contribution in [2.45, 2.75) is 44.6 Å². The van der Waals surface area contributed by atoms with Crippen LogP contribution in [0.2, 0.25) is 0 Å². The summed E-state index contributed by atoms with van der Waals surface area (Å²) in [7, 11) is 0. The van der Waals surface area contributed by atoms with Gasteiger partial charge in [0.15, 0.2) is 0 Å². The molecule has 2 rings (SSSR count). The highest BCUT2D eigenvalue weighted by atomic mass is 35.5. The molecule has 3 heteroatoms. The quantitative estimate of drug-likeness (QED) is 0.602. The van der Waals surface area contributed by atoms with E-state index in [9.17, 15) is 4.79 Å². The van der Waals surface area contributed by atoms with Gasteiger partial charge in [-0.1, -0.05) is 24.3 Å². The van der Waals surface area contributed by atoms with Crippen molar-refractivity contribution in [2.24, 2.45) is 0 Å². The lowest BCUT2D eigenvalue weighted by molar-refractivity contribution is -0.130. The summed E-state index contributed by atoms with van der Waals surface area (Å²) in [5.74, 6) is 0.966. The molecule has 19 heavy (non-hydrogen) atoms. The van der Waals surface area contributed by atoms with Crippen molar-refractivity contribution in [3.05, 3.63) is 35.4 Å². The Morgan fingerprint density at radius 3 is 2.58 bits per heavy atom. The summed E-state index contributed by atoms with van der Waals surface area (Å²) in [6, 6.07) is 8.33. The highest BCUT2D eigenvalue weighted by molar-refractivity contribution is 6.17. The SMILES string of the molecule is Cc1ccccc1C1(OCCCCl)CCC(=O)CC1. The lowest BCUT2D eigenvalue weighted by atomic mass is 9.77. The van der Waals surface area contributed by atoms with Crippen LogP contribution in [0.4, 0.5) is 0 Å². The molecule has 0 heterocycles. The molecular formula is C16H21ClO2. The maximum absolute atomic E-state index is 11.5. The van der Waals surface area contributed by atoms with E-state index in [0.29, 0.717) is 31.1 Å². The minimum Gasteiger partial charge on any atom is -0.370 e. The molecule has 1 aromatic rings. The number of benzene rings is 1. The molecule has 0 bridgehead atoms. The van der Waals surface area contributed by atoms with Crippen molar-refractivity contribution >= 4 is 17.4 Å². The Kier molecular flexibility index (Phi) is 5.00. The zero-order valence-electron chi connectivity index (χ0n) is 11.5. The Balaban J connectivity index is 2.23. The molecule has 0 amide bonds. The van der Waals surface area contributed by atoms with Crippen molar-refractivity contribution in [1.29, 1.82) is 0 Å². The number of alkyl halides is 1. The van der Waals surface area contributed by atoms with Gasteiger partial charge in [-0.05, 0) is 37.3 Å². The molecule has 2 nitrogen and oxygen atoms in total. The fourth-order valence-electron chi connectivity index (χ4n) is 2.83. The van der Waals surface area contributed by atoms with E-state index in [1.54, 1.807) is 0 Å². The van der Waals surface area contributed by atoms with Gasteiger partial charge < -0.3 is 4.74 Å². The first kappa shape index (κ1) is 14.5. The Labute approximate surface area is 120 Å². The highest BCUT2D eigenvalue weighted by Crippen LogP contribution is 2.40. The van der Waals surface area contributed by atoms with Crippen molar-refractivity contribution < 1.29 is 9.53 Å². The number of Topliss-reactive ketones (excluding diaryl/α,β-unsaturated/α-hetero) is 1. The molecule has 0 unspecified atom stereocenters. The minimum absolute atomic E-state index is 0.286. The van der Waals surface area contributed by atoms with Crippen LogP contribution in [0.3, 0.4) is 0 Å². The van der Waals surface area contributed by atoms with Crippen LogP contribution in [-0.2, 0) is 15.1 Å². The molecule has 0 radical (unpaired) electrons. The molecule has 1 fully saturated rings. The molecular weight excluding hydrogens is 260 g/mol. The van der Waals surface area contributed by atoms with E-state index in [1.807, 2.05) is 12.1 Å². The fourth-order valence-corrected chi connectivity index (χ4v) is 2.94. The van der Waals surface area contributed by atoms with E-state index in [1.165, 1.54) is 11.1 Å². The van der Waals surface area contributed by atoms with Crippen molar-refractivity contribution in [3.63, 3.8) is 0 Å². The average Bonchev–Trinajstić information content (AvgIpc) is 2.42. The summed E-state index contributed by atoms with van der Waals surface area (Å²) >= 11 is 5.73. The van der Waals surface area contributed by atoms with Crippen LogP contribution < -0.4 is 0 Å². The summed E-state index contributed by atoms with van der Waals surface area (Å²) < 4.78 is 6.19. The lowest BCUT2D eigenvalue weighted by Crippen LogP contribution is -2.36. The van der Waals surface area contributed by atoms with Gasteiger partial charge in [0.1, 0.15) is 5.78 Å². The summed E-state index contributed by atoms with van der Waals surface area (Å²) in [4.78, 5) is 11.5.